The van der Waals surface area contributed by atoms with E-state index in [-0.39, 0.29) is 24.8 Å². The molecule has 1 saturated heterocycles. The summed E-state index contributed by atoms with van der Waals surface area (Å²) in [6.07, 6.45) is 8.30. The van der Waals surface area contributed by atoms with Crippen LogP contribution in [0.3, 0.4) is 0 Å². The summed E-state index contributed by atoms with van der Waals surface area (Å²) in [6, 6.07) is 16.2. The number of aromatic nitrogens is 4. The van der Waals surface area contributed by atoms with Gasteiger partial charge in [-0.05, 0) is 82.6 Å². The van der Waals surface area contributed by atoms with Gasteiger partial charge in [0.15, 0.2) is 0 Å². The highest BCUT2D eigenvalue weighted by molar-refractivity contribution is 5.81. The molecule has 2 aromatic heterocycles. The predicted molar refractivity (Wildman–Crippen MR) is 179 cm³/mol. The average Bonchev–Trinajstić information content (AvgIpc) is 3.61. The van der Waals surface area contributed by atoms with E-state index in [1.807, 2.05) is 63.4 Å². The van der Waals surface area contributed by atoms with Gasteiger partial charge in [0.25, 0.3) is 0 Å². The lowest BCUT2D eigenvalue weighted by Gasteiger charge is -2.35. The molecule has 47 heavy (non-hydrogen) atoms. The van der Waals surface area contributed by atoms with E-state index >= 15 is 0 Å². The second-order valence-electron chi connectivity index (χ2n) is 14.1. The smallest absolute Gasteiger partial charge is 0.407 e. The molecular weight excluding hydrogens is 594 g/mol. The van der Waals surface area contributed by atoms with Crippen molar-refractivity contribution >= 4 is 28.9 Å². The van der Waals surface area contributed by atoms with E-state index in [1.54, 1.807) is 0 Å². The number of ether oxygens (including phenoxy) is 2. The number of hydrogen-bond donors (Lipinski definition) is 2. The van der Waals surface area contributed by atoms with Crippen molar-refractivity contribution in [1.82, 2.24) is 30.4 Å². The third-order valence-electron chi connectivity index (χ3n) is 9.13. The maximum Gasteiger partial charge on any atom is 0.407 e. The molecule has 0 spiro atoms. The van der Waals surface area contributed by atoms with Crippen LogP contribution in [0.15, 0.2) is 60.9 Å². The minimum absolute atomic E-state index is 0.0280. The van der Waals surface area contributed by atoms with Crippen LogP contribution in [0.1, 0.15) is 76.1 Å². The highest BCUT2D eigenvalue weighted by Gasteiger charge is 2.35. The van der Waals surface area contributed by atoms with Crippen LogP contribution in [-0.2, 0) is 16.1 Å². The molecule has 11 nitrogen and oxygen atoms in total. The number of carbonyl (C=O) groups excluding carboxylic acids is 2. The first-order valence-electron chi connectivity index (χ1n) is 16.7. The van der Waals surface area contributed by atoms with Crippen LogP contribution in [0.2, 0.25) is 0 Å². The largest absolute Gasteiger partial charge is 0.445 e. The standard InChI is InChI=1S/C36H43N7O4/c1-36(2,3)47-35(45)39-26-13-14-42(20-26)27-11-12-30-31(17-27)40-32(19-37-30)29-21-43(41-33(29)25-9-10-25)28-15-24(16-28)18-38-34(44)46-22-23-7-5-4-6-8-23/h4-8,11-12,17,19,21,24-26,28H,9-10,13-16,18,20,22H2,1-3H3,(H,38,44)(H,39,45)/t24-,26?,28-. The number of alkyl carbamates (subject to hydrolysis) is 2. The molecular formula is C36H43N7O4. The molecule has 2 amide bonds. The molecule has 3 fully saturated rings. The maximum atomic E-state index is 12.3. The molecule has 1 aliphatic heterocycles. The van der Waals surface area contributed by atoms with Gasteiger partial charge in [-0.15, -0.1) is 0 Å². The average molecular weight is 638 g/mol. The fourth-order valence-electron chi connectivity index (χ4n) is 6.45. The fourth-order valence-corrected chi connectivity index (χ4v) is 6.45. The van der Waals surface area contributed by atoms with E-state index in [0.717, 1.165) is 77.9 Å². The number of amides is 2. The summed E-state index contributed by atoms with van der Waals surface area (Å²) in [4.78, 5) is 36.6. The van der Waals surface area contributed by atoms with Crippen molar-refractivity contribution in [3.8, 4) is 11.3 Å². The molecule has 2 aromatic carbocycles. The molecule has 11 heteroatoms. The third-order valence-corrected chi connectivity index (χ3v) is 9.13. The van der Waals surface area contributed by atoms with Gasteiger partial charge in [-0.25, -0.2) is 14.6 Å². The van der Waals surface area contributed by atoms with E-state index < -0.39 is 5.60 Å². The minimum atomic E-state index is -0.523. The number of nitrogens with zero attached hydrogens (tertiary/aromatic N) is 5. The van der Waals surface area contributed by atoms with Gasteiger partial charge < -0.3 is 25.0 Å². The van der Waals surface area contributed by atoms with E-state index in [1.165, 1.54) is 0 Å². The number of carbonyl (C=O) groups is 2. The monoisotopic (exact) mass is 637 g/mol. The Kier molecular flexibility index (Phi) is 8.46. The van der Waals surface area contributed by atoms with E-state index in [9.17, 15) is 9.59 Å². The van der Waals surface area contributed by atoms with Gasteiger partial charge in [-0.2, -0.15) is 5.10 Å². The van der Waals surface area contributed by atoms with Crippen LogP contribution in [0.25, 0.3) is 22.3 Å². The molecule has 1 atom stereocenters. The molecule has 246 valence electrons. The summed E-state index contributed by atoms with van der Waals surface area (Å²) in [7, 11) is 0. The van der Waals surface area contributed by atoms with Gasteiger partial charge >= 0.3 is 12.2 Å². The van der Waals surface area contributed by atoms with Crippen LogP contribution in [0, 0.1) is 5.92 Å². The van der Waals surface area contributed by atoms with Crippen molar-refractivity contribution in [3.05, 3.63) is 72.2 Å². The zero-order chi connectivity index (χ0) is 32.5. The Morgan fingerprint density at radius 1 is 1.00 bits per heavy atom. The van der Waals surface area contributed by atoms with Crippen LogP contribution in [0.4, 0.5) is 15.3 Å². The number of fused-ring (bicyclic) bond motifs is 1. The Bertz CT molecular complexity index is 1740. The van der Waals surface area contributed by atoms with Crippen molar-refractivity contribution < 1.29 is 19.1 Å². The molecule has 2 N–H and O–H groups in total. The number of benzene rings is 2. The van der Waals surface area contributed by atoms with Gasteiger partial charge in [-0.1, -0.05) is 30.3 Å². The Labute approximate surface area is 275 Å². The first-order chi connectivity index (χ1) is 22.7. The van der Waals surface area contributed by atoms with Gasteiger partial charge in [0, 0.05) is 43.0 Å². The molecule has 2 aliphatic carbocycles. The molecule has 3 aliphatic rings. The Balaban J connectivity index is 0.978. The van der Waals surface area contributed by atoms with Crippen LogP contribution < -0.4 is 15.5 Å². The van der Waals surface area contributed by atoms with Crippen LogP contribution >= 0.6 is 0 Å². The number of nitrogens with one attached hydrogen (secondary N) is 2. The van der Waals surface area contributed by atoms with Gasteiger partial charge in [0.2, 0.25) is 0 Å². The first kappa shape index (κ1) is 31.0. The fraction of sp³-hybridized carbons (Fsp3) is 0.472. The number of rotatable bonds is 9. The number of anilines is 1. The lowest BCUT2D eigenvalue weighted by molar-refractivity contribution is 0.0509. The summed E-state index contributed by atoms with van der Waals surface area (Å²) < 4.78 is 12.9. The summed E-state index contributed by atoms with van der Waals surface area (Å²) in [5, 5.41) is 11.0. The van der Waals surface area contributed by atoms with Crippen molar-refractivity contribution in [2.45, 2.75) is 83.1 Å². The Hall–Kier alpha value is -4.67. The van der Waals surface area contributed by atoms with Gasteiger partial charge in [-0.3, -0.25) is 9.67 Å². The lowest BCUT2D eigenvalue weighted by atomic mass is 9.80. The molecule has 0 bridgehead atoms. The topological polar surface area (TPSA) is 124 Å². The van der Waals surface area contributed by atoms with E-state index in [2.05, 4.69) is 38.5 Å². The van der Waals surface area contributed by atoms with Gasteiger partial charge in [0.05, 0.1) is 40.7 Å². The highest BCUT2D eigenvalue weighted by atomic mass is 16.6. The van der Waals surface area contributed by atoms with Crippen molar-refractivity contribution in [1.29, 1.82) is 0 Å². The SMILES string of the molecule is CC(C)(C)OC(=O)NC1CCN(c2ccc3ncc(-c4cn([C@H]5C[C@H](CNC(=O)OCc6ccccc6)C5)nc4C4CC4)nc3c2)C1. The molecule has 0 radical (unpaired) electrons. The Morgan fingerprint density at radius 2 is 1.81 bits per heavy atom. The van der Waals surface area contributed by atoms with Crippen molar-refractivity contribution in [2.24, 2.45) is 5.92 Å². The van der Waals surface area contributed by atoms with Crippen LogP contribution in [-0.4, -0.2) is 63.2 Å². The third kappa shape index (κ3) is 7.50. The quantitative estimate of drug-likeness (QED) is 0.218. The summed E-state index contributed by atoms with van der Waals surface area (Å²) in [5.74, 6) is 0.857. The summed E-state index contributed by atoms with van der Waals surface area (Å²) in [6.45, 7) is 8.02. The second kappa shape index (κ2) is 12.8. The maximum absolute atomic E-state index is 12.3. The Morgan fingerprint density at radius 3 is 2.57 bits per heavy atom. The normalized spacial score (nSPS) is 20.9. The number of hydrogen-bond acceptors (Lipinski definition) is 8. The van der Waals surface area contributed by atoms with E-state index in [0.29, 0.717) is 31.0 Å². The van der Waals surface area contributed by atoms with E-state index in [4.69, 9.17) is 24.5 Å². The molecule has 4 aromatic rings. The van der Waals surface area contributed by atoms with Gasteiger partial charge in [0.1, 0.15) is 12.2 Å². The molecule has 1 unspecified atom stereocenters. The highest BCUT2D eigenvalue weighted by Crippen LogP contribution is 2.45. The molecule has 2 saturated carbocycles. The second-order valence-corrected chi connectivity index (χ2v) is 14.1. The zero-order valence-electron chi connectivity index (χ0n) is 27.3. The molecule has 3 heterocycles. The zero-order valence-corrected chi connectivity index (χ0v) is 27.3. The predicted octanol–water partition coefficient (Wildman–Crippen LogP) is 6.35. The lowest BCUT2D eigenvalue weighted by Crippen LogP contribution is -2.40. The van der Waals surface area contributed by atoms with Crippen molar-refractivity contribution in [3.63, 3.8) is 0 Å². The summed E-state index contributed by atoms with van der Waals surface area (Å²) in [5.41, 5.74) is 6.20. The summed E-state index contributed by atoms with van der Waals surface area (Å²) >= 11 is 0. The molecule has 7 rings (SSSR count). The first-order valence-corrected chi connectivity index (χ1v) is 16.7. The van der Waals surface area contributed by atoms with Crippen LogP contribution in [0.5, 0.6) is 0 Å². The minimum Gasteiger partial charge on any atom is -0.445 e. The van der Waals surface area contributed by atoms with Crippen molar-refractivity contribution in [2.75, 3.05) is 24.5 Å².